The molecule has 0 N–H and O–H groups in total. The molecule has 23 heavy (non-hydrogen) atoms. The number of hydrogen-bond acceptors (Lipinski definition) is 4. The van der Waals surface area contributed by atoms with Crippen molar-refractivity contribution in [2.75, 3.05) is 18.1 Å². The standard InChI is InChI=1S/C18H19N3O2/c1-11-19-7-13(8-20-11)12-4-5-15-16(6-12)21(14-9-23-10-14)17(22)18(15,2)3/h4-8,14H,9-10H2,1-3H3. The van der Waals surface area contributed by atoms with Gasteiger partial charge in [0.05, 0.1) is 24.7 Å². The summed E-state index contributed by atoms with van der Waals surface area (Å²) in [5, 5.41) is 0. The van der Waals surface area contributed by atoms with Crippen LogP contribution in [0.2, 0.25) is 0 Å². The maximum Gasteiger partial charge on any atom is 0.237 e. The Balaban J connectivity index is 1.82. The topological polar surface area (TPSA) is 55.3 Å². The molecule has 4 rings (SSSR count). The normalized spacial score (nSPS) is 19.6. The highest BCUT2D eigenvalue weighted by Crippen LogP contribution is 2.44. The molecule has 1 fully saturated rings. The Bertz CT molecular complexity index is 779. The highest BCUT2D eigenvalue weighted by molar-refractivity contribution is 6.08. The molecule has 1 aromatic heterocycles. The van der Waals surface area contributed by atoms with Crippen molar-refractivity contribution in [2.45, 2.75) is 32.2 Å². The minimum Gasteiger partial charge on any atom is -0.377 e. The summed E-state index contributed by atoms with van der Waals surface area (Å²) >= 11 is 0. The second-order valence-corrected chi connectivity index (χ2v) is 6.74. The summed E-state index contributed by atoms with van der Waals surface area (Å²) in [7, 11) is 0. The molecule has 2 aromatic rings. The first-order chi connectivity index (χ1) is 11.0. The van der Waals surface area contributed by atoms with Crippen molar-refractivity contribution in [3.8, 4) is 11.1 Å². The molecule has 0 atom stereocenters. The lowest BCUT2D eigenvalue weighted by Gasteiger charge is -2.35. The van der Waals surface area contributed by atoms with Crippen molar-refractivity contribution in [1.29, 1.82) is 0 Å². The van der Waals surface area contributed by atoms with Crippen LogP contribution in [0.1, 0.15) is 25.2 Å². The number of aromatic nitrogens is 2. The van der Waals surface area contributed by atoms with Crippen LogP contribution in [0.25, 0.3) is 11.1 Å². The number of aryl methyl sites for hydroxylation is 1. The number of carbonyl (C=O) groups excluding carboxylic acids is 1. The van der Waals surface area contributed by atoms with E-state index in [4.69, 9.17) is 4.74 Å². The lowest BCUT2D eigenvalue weighted by Crippen LogP contribution is -2.52. The molecule has 1 amide bonds. The Morgan fingerprint density at radius 3 is 2.48 bits per heavy atom. The Morgan fingerprint density at radius 2 is 1.87 bits per heavy atom. The Morgan fingerprint density at radius 1 is 1.17 bits per heavy atom. The third kappa shape index (κ3) is 2.07. The molecule has 1 aromatic carbocycles. The highest BCUT2D eigenvalue weighted by Gasteiger charge is 2.47. The van der Waals surface area contributed by atoms with E-state index in [1.54, 1.807) is 0 Å². The number of amides is 1. The largest absolute Gasteiger partial charge is 0.377 e. The number of fused-ring (bicyclic) bond motifs is 1. The molecule has 2 aliphatic heterocycles. The average molecular weight is 309 g/mol. The van der Waals surface area contributed by atoms with Gasteiger partial charge in [0.25, 0.3) is 0 Å². The molecule has 0 unspecified atom stereocenters. The van der Waals surface area contributed by atoms with Crippen molar-refractivity contribution in [3.63, 3.8) is 0 Å². The van der Waals surface area contributed by atoms with Gasteiger partial charge in [-0.15, -0.1) is 0 Å². The maximum absolute atomic E-state index is 12.9. The van der Waals surface area contributed by atoms with E-state index in [2.05, 4.69) is 22.1 Å². The first kappa shape index (κ1) is 14.3. The molecule has 0 spiro atoms. The van der Waals surface area contributed by atoms with Crippen LogP contribution in [0.5, 0.6) is 0 Å². The first-order valence-corrected chi connectivity index (χ1v) is 7.83. The van der Waals surface area contributed by atoms with Crippen LogP contribution in [-0.4, -0.2) is 35.1 Å². The van der Waals surface area contributed by atoms with Crippen molar-refractivity contribution >= 4 is 11.6 Å². The molecule has 118 valence electrons. The molecule has 0 radical (unpaired) electrons. The van der Waals surface area contributed by atoms with Gasteiger partial charge in [-0.3, -0.25) is 4.79 Å². The van der Waals surface area contributed by atoms with E-state index in [1.165, 1.54) is 0 Å². The summed E-state index contributed by atoms with van der Waals surface area (Å²) in [5.74, 6) is 0.901. The number of benzene rings is 1. The van der Waals surface area contributed by atoms with Crippen LogP contribution >= 0.6 is 0 Å². The smallest absolute Gasteiger partial charge is 0.237 e. The van der Waals surface area contributed by atoms with Gasteiger partial charge in [0.15, 0.2) is 0 Å². The van der Waals surface area contributed by atoms with Crippen LogP contribution in [-0.2, 0) is 14.9 Å². The van der Waals surface area contributed by atoms with Gasteiger partial charge in [-0.2, -0.15) is 0 Å². The molecule has 5 heteroatoms. The number of anilines is 1. The lowest BCUT2D eigenvalue weighted by molar-refractivity contribution is -0.124. The minimum atomic E-state index is -0.493. The van der Waals surface area contributed by atoms with E-state index in [0.717, 1.165) is 28.2 Å². The van der Waals surface area contributed by atoms with E-state index in [-0.39, 0.29) is 11.9 Å². The van der Waals surface area contributed by atoms with E-state index >= 15 is 0 Å². The van der Waals surface area contributed by atoms with Crippen LogP contribution in [0.3, 0.4) is 0 Å². The van der Waals surface area contributed by atoms with E-state index in [1.807, 2.05) is 44.1 Å². The van der Waals surface area contributed by atoms with Crippen molar-refractivity contribution in [1.82, 2.24) is 9.97 Å². The number of rotatable bonds is 2. The summed E-state index contributed by atoms with van der Waals surface area (Å²) < 4.78 is 5.29. The fraction of sp³-hybridized carbons (Fsp3) is 0.389. The van der Waals surface area contributed by atoms with Crippen molar-refractivity contribution in [3.05, 3.63) is 42.0 Å². The van der Waals surface area contributed by atoms with Gasteiger partial charge >= 0.3 is 0 Å². The summed E-state index contributed by atoms with van der Waals surface area (Å²) in [5.41, 5.74) is 3.56. The highest BCUT2D eigenvalue weighted by atomic mass is 16.5. The first-order valence-electron chi connectivity index (χ1n) is 7.83. The Labute approximate surface area is 135 Å². The summed E-state index contributed by atoms with van der Waals surface area (Å²) in [6, 6.07) is 6.33. The third-order valence-corrected chi connectivity index (χ3v) is 4.78. The zero-order valence-corrected chi connectivity index (χ0v) is 13.5. The van der Waals surface area contributed by atoms with Gasteiger partial charge in [-0.05, 0) is 38.0 Å². The molecular formula is C18H19N3O2. The van der Waals surface area contributed by atoms with Gasteiger partial charge in [-0.1, -0.05) is 12.1 Å². The van der Waals surface area contributed by atoms with Gasteiger partial charge < -0.3 is 9.64 Å². The molecule has 0 saturated carbocycles. The quantitative estimate of drug-likeness (QED) is 0.855. The van der Waals surface area contributed by atoms with E-state index < -0.39 is 5.41 Å². The third-order valence-electron chi connectivity index (χ3n) is 4.78. The number of hydrogen-bond donors (Lipinski definition) is 0. The Kier molecular flexibility index (Phi) is 3.03. The second-order valence-electron chi connectivity index (χ2n) is 6.74. The number of nitrogens with zero attached hydrogens (tertiary/aromatic N) is 3. The second kappa shape index (κ2) is 4.86. The molecule has 5 nitrogen and oxygen atoms in total. The summed E-state index contributed by atoms with van der Waals surface area (Å²) in [6.45, 7) is 7.06. The zero-order valence-electron chi connectivity index (χ0n) is 13.5. The van der Waals surface area contributed by atoms with Crippen molar-refractivity contribution in [2.24, 2.45) is 0 Å². The predicted molar refractivity (Wildman–Crippen MR) is 87.3 cm³/mol. The SMILES string of the molecule is Cc1ncc(-c2ccc3c(c2)N(C2COC2)C(=O)C3(C)C)cn1. The summed E-state index contributed by atoms with van der Waals surface area (Å²) in [6.07, 6.45) is 3.64. The van der Waals surface area contributed by atoms with Gasteiger partial charge in [-0.25, -0.2) is 9.97 Å². The van der Waals surface area contributed by atoms with Crippen LogP contribution in [0.4, 0.5) is 5.69 Å². The van der Waals surface area contributed by atoms with Crippen LogP contribution in [0.15, 0.2) is 30.6 Å². The van der Waals surface area contributed by atoms with Crippen LogP contribution < -0.4 is 4.90 Å². The maximum atomic E-state index is 12.9. The van der Waals surface area contributed by atoms with Gasteiger partial charge in [0, 0.05) is 23.6 Å². The average Bonchev–Trinajstić information content (AvgIpc) is 2.67. The Hall–Kier alpha value is -2.27. The van der Waals surface area contributed by atoms with Crippen molar-refractivity contribution < 1.29 is 9.53 Å². The zero-order chi connectivity index (χ0) is 16.2. The molecule has 2 aliphatic rings. The van der Waals surface area contributed by atoms with Crippen LogP contribution in [0, 0.1) is 6.92 Å². The molecule has 1 saturated heterocycles. The number of ether oxygens (including phenoxy) is 1. The lowest BCUT2D eigenvalue weighted by atomic mass is 9.85. The van der Waals surface area contributed by atoms with E-state index in [0.29, 0.717) is 13.2 Å². The molecule has 0 aliphatic carbocycles. The van der Waals surface area contributed by atoms with Gasteiger partial charge in [0.1, 0.15) is 5.82 Å². The van der Waals surface area contributed by atoms with Gasteiger partial charge in [0.2, 0.25) is 5.91 Å². The monoisotopic (exact) mass is 309 g/mol. The predicted octanol–water partition coefficient (Wildman–Crippen LogP) is 2.48. The fourth-order valence-electron chi connectivity index (χ4n) is 3.24. The fourth-order valence-corrected chi connectivity index (χ4v) is 3.24. The minimum absolute atomic E-state index is 0.146. The number of carbonyl (C=O) groups is 1. The van der Waals surface area contributed by atoms with E-state index in [9.17, 15) is 4.79 Å². The molecule has 0 bridgehead atoms. The molecule has 3 heterocycles. The molecular weight excluding hydrogens is 290 g/mol. The summed E-state index contributed by atoms with van der Waals surface area (Å²) in [4.78, 5) is 23.3.